The average molecular weight is 226 g/mol. The van der Waals surface area contributed by atoms with Crippen LogP contribution >= 0.6 is 0 Å². The topological polar surface area (TPSA) is 69.1 Å². The summed E-state index contributed by atoms with van der Waals surface area (Å²) in [5.74, 6) is 0.156. The Morgan fingerprint density at radius 2 is 1.94 bits per heavy atom. The van der Waals surface area contributed by atoms with Crippen LogP contribution in [0.25, 0.3) is 0 Å². The van der Waals surface area contributed by atoms with Gasteiger partial charge in [-0.3, -0.25) is 0 Å². The van der Waals surface area contributed by atoms with E-state index in [1.807, 2.05) is 0 Å². The summed E-state index contributed by atoms with van der Waals surface area (Å²) in [6, 6.07) is 0. The van der Waals surface area contributed by atoms with Gasteiger partial charge in [0, 0.05) is 5.92 Å². The molecule has 0 aromatic rings. The van der Waals surface area contributed by atoms with E-state index in [0.29, 0.717) is 5.92 Å². The van der Waals surface area contributed by atoms with Crippen molar-refractivity contribution < 1.29 is 4.79 Å². The number of carbonyl (C=O) groups is 1. The van der Waals surface area contributed by atoms with E-state index < -0.39 is 5.66 Å². The Morgan fingerprint density at radius 3 is 2.44 bits per heavy atom. The number of unbranched alkanes of at least 4 members (excludes halogenated alkanes) is 1. The smallest absolute Gasteiger partial charge is 0.126 e. The summed E-state index contributed by atoms with van der Waals surface area (Å²) < 4.78 is 0. The highest BCUT2D eigenvalue weighted by atomic mass is 16.1. The minimum atomic E-state index is -0.780. The molecular weight excluding hydrogens is 200 g/mol. The summed E-state index contributed by atoms with van der Waals surface area (Å²) >= 11 is 0. The minimum absolute atomic E-state index is 0.171. The lowest BCUT2D eigenvalue weighted by Crippen LogP contribution is -2.61. The van der Waals surface area contributed by atoms with Gasteiger partial charge in [0.2, 0.25) is 0 Å². The SMILES string of the molecule is CCCCC(C=O)C(N)(N)C1CCCCC1. The van der Waals surface area contributed by atoms with Gasteiger partial charge in [0.1, 0.15) is 6.29 Å². The van der Waals surface area contributed by atoms with Gasteiger partial charge in [-0.1, -0.05) is 39.0 Å². The maximum atomic E-state index is 11.1. The second kappa shape index (κ2) is 6.36. The maximum Gasteiger partial charge on any atom is 0.126 e. The molecule has 0 aromatic carbocycles. The van der Waals surface area contributed by atoms with Crippen molar-refractivity contribution in [1.82, 2.24) is 0 Å². The van der Waals surface area contributed by atoms with Gasteiger partial charge in [-0.05, 0) is 25.2 Å². The first kappa shape index (κ1) is 13.7. The molecule has 3 heteroatoms. The van der Waals surface area contributed by atoms with Crippen LogP contribution in [0, 0.1) is 11.8 Å². The van der Waals surface area contributed by atoms with E-state index in [1.54, 1.807) is 0 Å². The van der Waals surface area contributed by atoms with Crippen molar-refractivity contribution in [3.05, 3.63) is 0 Å². The molecule has 0 spiro atoms. The lowest BCUT2D eigenvalue weighted by molar-refractivity contribution is -0.114. The number of hydrogen-bond donors (Lipinski definition) is 2. The van der Waals surface area contributed by atoms with E-state index in [0.717, 1.165) is 38.4 Å². The Morgan fingerprint density at radius 1 is 1.31 bits per heavy atom. The van der Waals surface area contributed by atoms with Crippen LogP contribution in [0.2, 0.25) is 0 Å². The zero-order valence-electron chi connectivity index (χ0n) is 10.5. The molecule has 0 aromatic heterocycles. The van der Waals surface area contributed by atoms with E-state index in [9.17, 15) is 4.79 Å². The zero-order chi connectivity index (χ0) is 12.0. The van der Waals surface area contributed by atoms with E-state index in [1.165, 1.54) is 19.3 Å². The quantitative estimate of drug-likeness (QED) is 0.539. The lowest BCUT2D eigenvalue weighted by atomic mass is 9.73. The Bertz CT molecular complexity index is 210. The molecule has 1 aliphatic rings. The second-order valence-corrected chi connectivity index (χ2v) is 5.22. The molecule has 94 valence electrons. The van der Waals surface area contributed by atoms with Gasteiger partial charge in [0.25, 0.3) is 0 Å². The molecule has 1 fully saturated rings. The Hall–Kier alpha value is -0.410. The maximum absolute atomic E-state index is 11.1. The Balaban J connectivity index is 2.59. The molecule has 0 heterocycles. The highest BCUT2D eigenvalue weighted by molar-refractivity contribution is 5.56. The van der Waals surface area contributed by atoms with Gasteiger partial charge < -0.3 is 16.3 Å². The molecule has 0 aliphatic heterocycles. The van der Waals surface area contributed by atoms with Crippen LogP contribution in [0.5, 0.6) is 0 Å². The van der Waals surface area contributed by atoms with E-state index >= 15 is 0 Å². The van der Waals surface area contributed by atoms with Gasteiger partial charge in [-0.15, -0.1) is 0 Å². The highest BCUT2D eigenvalue weighted by Gasteiger charge is 2.38. The minimum Gasteiger partial charge on any atom is -0.313 e. The normalized spacial score (nSPS) is 20.7. The molecule has 0 amide bonds. The Labute approximate surface area is 99.0 Å². The predicted molar refractivity (Wildman–Crippen MR) is 66.8 cm³/mol. The van der Waals surface area contributed by atoms with Crippen LogP contribution in [0.4, 0.5) is 0 Å². The van der Waals surface area contributed by atoms with Crippen molar-refractivity contribution in [2.45, 2.75) is 64.0 Å². The zero-order valence-corrected chi connectivity index (χ0v) is 10.5. The van der Waals surface area contributed by atoms with Gasteiger partial charge in [-0.25, -0.2) is 0 Å². The van der Waals surface area contributed by atoms with E-state index in [2.05, 4.69) is 6.92 Å². The molecule has 1 saturated carbocycles. The summed E-state index contributed by atoms with van der Waals surface area (Å²) in [6.07, 6.45) is 9.81. The Kier molecular flexibility index (Phi) is 5.42. The van der Waals surface area contributed by atoms with Gasteiger partial charge in [0.05, 0.1) is 5.66 Å². The third kappa shape index (κ3) is 3.29. The van der Waals surface area contributed by atoms with Crippen molar-refractivity contribution in [3.63, 3.8) is 0 Å². The number of aldehydes is 1. The largest absolute Gasteiger partial charge is 0.313 e. The highest BCUT2D eigenvalue weighted by Crippen LogP contribution is 2.33. The van der Waals surface area contributed by atoms with Gasteiger partial charge >= 0.3 is 0 Å². The van der Waals surface area contributed by atoms with Crippen LogP contribution in [0.1, 0.15) is 58.3 Å². The third-order valence-electron chi connectivity index (χ3n) is 3.99. The molecule has 1 aliphatic carbocycles. The van der Waals surface area contributed by atoms with Crippen molar-refractivity contribution in [2.24, 2.45) is 23.3 Å². The first-order valence-electron chi connectivity index (χ1n) is 6.66. The summed E-state index contributed by atoms with van der Waals surface area (Å²) in [7, 11) is 0. The molecule has 1 atom stereocenters. The molecule has 16 heavy (non-hydrogen) atoms. The first-order valence-corrected chi connectivity index (χ1v) is 6.66. The average Bonchev–Trinajstić information content (AvgIpc) is 2.31. The molecule has 0 bridgehead atoms. The monoisotopic (exact) mass is 226 g/mol. The van der Waals surface area contributed by atoms with E-state index in [-0.39, 0.29) is 5.92 Å². The van der Waals surface area contributed by atoms with Gasteiger partial charge in [0.15, 0.2) is 0 Å². The van der Waals surface area contributed by atoms with Crippen LogP contribution in [-0.4, -0.2) is 11.9 Å². The molecule has 1 rings (SSSR count). The molecule has 0 saturated heterocycles. The fraction of sp³-hybridized carbons (Fsp3) is 0.923. The predicted octanol–water partition coefficient (Wildman–Crippen LogP) is 2.19. The standard InChI is InChI=1S/C13H26N2O/c1-2-3-7-12(10-16)13(14,15)11-8-5-4-6-9-11/h10-12H,2-9,14-15H2,1H3. The molecule has 4 N–H and O–H groups in total. The van der Waals surface area contributed by atoms with Crippen LogP contribution in [0.15, 0.2) is 0 Å². The fourth-order valence-corrected chi connectivity index (χ4v) is 2.77. The fourth-order valence-electron chi connectivity index (χ4n) is 2.77. The van der Waals surface area contributed by atoms with Crippen LogP contribution < -0.4 is 11.5 Å². The summed E-state index contributed by atoms with van der Waals surface area (Å²) in [6.45, 7) is 2.12. The van der Waals surface area contributed by atoms with Crippen molar-refractivity contribution in [3.8, 4) is 0 Å². The van der Waals surface area contributed by atoms with Crippen molar-refractivity contribution in [1.29, 1.82) is 0 Å². The third-order valence-corrected chi connectivity index (χ3v) is 3.99. The summed E-state index contributed by atoms with van der Waals surface area (Å²) in [5, 5.41) is 0. The number of nitrogens with two attached hydrogens (primary N) is 2. The first-order chi connectivity index (χ1) is 7.62. The second-order valence-electron chi connectivity index (χ2n) is 5.22. The van der Waals surface area contributed by atoms with E-state index in [4.69, 9.17) is 11.5 Å². The number of hydrogen-bond acceptors (Lipinski definition) is 3. The molecule has 3 nitrogen and oxygen atoms in total. The van der Waals surface area contributed by atoms with Crippen LogP contribution in [0.3, 0.4) is 0 Å². The summed E-state index contributed by atoms with van der Waals surface area (Å²) in [5.41, 5.74) is 11.7. The molecular formula is C13H26N2O. The lowest BCUT2D eigenvalue weighted by Gasteiger charge is -2.40. The number of rotatable bonds is 6. The number of carbonyl (C=O) groups excluding carboxylic acids is 1. The molecule has 0 radical (unpaired) electrons. The molecule has 1 unspecified atom stereocenters. The van der Waals surface area contributed by atoms with Crippen molar-refractivity contribution >= 4 is 6.29 Å². The summed E-state index contributed by atoms with van der Waals surface area (Å²) in [4.78, 5) is 11.1. The van der Waals surface area contributed by atoms with Crippen LogP contribution in [-0.2, 0) is 4.79 Å². The van der Waals surface area contributed by atoms with Gasteiger partial charge in [-0.2, -0.15) is 0 Å². The van der Waals surface area contributed by atoms with Crippen molar-refractivity contribution in [2.75, 3.05) is 0 Å².